The van der Waals surface area contributed by atoms with Gasteiger partial charge in [-0.05, 0) is 6.42 Å². The highest BCUT2D eigenvalue weighted by atomic mass is 35.5. The van der Waals surface area contributed by atoms with Gasteiger partial charge in [-0.2, -0.15) is 0 Å². The first-order valence-corrected chi connectivity index (χ1v) is 4.14. The van der Waals surface area contributed by atoms with Crippen molar-refractivity contribution < 1.29 is 8.78 Å². The van der Waals surface area contributed by atoms with Gasteiger partial charge in [-0.15, -0.1) is 23.2 Å². The number of halogens is 4. The molecule has 0 bridgehead atoms. The Hall–Kier alpha value is 0.400. The second-order valence-corrected chi connectivity index (χ2v) is 4.25. The zero-order valence-electron chi connectivity index (χ0n) is 5.79. The molecule has 0 aromatic rings. The van der Waals surface area contributed by atoms with Crippen LogP contribution in [-0.4, -0.2) is 23.8 Å². The van der Waals surface area contributed by atoms with E-state index in [-0.39, 0.29) is 12.5 Å². The number of nitrogens with one attached hydrogen (secondary N) is 1. The van der Waals surface area contributed by atoms with Crippen LogP contribution in [0.5, 0.6) is 0 Å². The van der Waals surface area contributed by atoms with Crippen LogP contribution in [0.15, 0.2) is 0 Å². The summed E-state index contributed by atoms with van der Waals surface area (Å²) in [5.41, 5.74) is 0. The predicted molar refractivity (Wildman–Crippen MR) is 41.4 cm³/mol. The molecule has 0 radical (unpaired) electrons. The third-order valence-corrected chi connectivity index (χ3v) is 2.57. The first-order chi connectivity index (χ1) is 5.02. The van der Waals surface area contributed by atoms with E-state index in [1.165, 1.54) is 0 Å². The quantitative estimate of drug-likeness (QED) is 0.691. The van der Waals surface area contributed by atoms with Gasteiger partial charge in [-0.3, -0.25) is 0 Å². The molecule has 0 aromatic heterocycles. The van der Waals surface area contributed by atoms with Gasteiger partial charge < -0.3 is 5.32 Å². The molecule has 0 aromatic carbocycles. The van der Waals surface area contributed by atoms with Gasteiger partial charge >= 0.3 is 0 Å². The molecule has 5 heteroatoms. The molecule has 66 valence electrons. The number of hydrogen-bond acceptors (Lipinski definition) is 1. The fraction of sp³-hybridized carbons (Fsp3) is 1.00. The molecule has 0 spiro atoms. The van der Waals surface area contributed by atoms with Gasteiger partial charge in [0, 0.05) is 12.5 Å². The van der Waals surface area contributed by atoms with Gasteiger partial charge in [0.25, 0.3) is 6.43 Å². The molecular weight excluding hydrogens is 195 g/mol. The molecule has 1 saturated carbocycles. The molecule has 1 fully saturated rings. The van der Waals surface area contributed by atoms with Crippen molar-refractivity contribution in [2.24, 2.45) is 5.92 Å². The monoisotopic (exact) mass is 203 g/mol. The predicted octanol–water partition coefficient (Wildman–Crippen LogP) is 2.03. The Kier molecular flexibility index (Phi) is 2.95. The Morgan fingerprint density at radius 1 is 1.55 bits per heavy atom. The first-order valence-electron chi connectivity index (χ1n) is 3.39. The molecule has 1 nitrogen and oxygen atoms in total. The summed E-state index contributed by atoms with van der Waals surface area (Å²) in [6, 6.07) is 0. The van der Waals surface area contributed by atoms with E-state index in [9.17, 15) is 8.78 Å². The minimum Gasteiger partial charge on any atom is -0.311 e. The van der Waals surface area contributed by atoms with Gasteiger partial charge in [0.1, 0.15) is 4.33 Å². The van der Waals surface area contributed by atoms with E-state index in [1.54, 1.807) is 0 Å². The van der Waals surface area contributed by atoms with Crippen molar-refractivity contribution in [1.29, 1.82) is 0 Å². The largest absolute Gasteiger partial charge is 0.311 e. The van der Waals surface area contributed by atoms with Crippen LogP contribution in [0.3, 0.4) is 0 Å². The Bertz CT molecular complexity index is 141. The summed E-state index contributed by atoms with van der Waals surface area (Å²) in [5.74, 6) is 0.143. The summed E-state index contributed by atoms with van der Waals surface area (Å²) in [4.78, 5) is 0. The van der Waals surface area contributed by atoms with E-state index in [2.05, 4.69) is 5.32 Å². The lowest BCUT2D eigenvalue weighted by atomic mass is 10.4. The van der Waals surface area contributed by atoms with E-state index >= 15 is 0 Å². The number of hydrogen-bond donors (Lipinski definition) is 1. The van der Waals surface area contributed by atoms with Crippen LogP contribution in [-0.2, 0) is 0 Å². The number of rotatable bonds is 4. The van der Waals surface area contributed by atoms with Crippen molar-refractivity contribution in [3.05, 3.63) is 0 Å². The highest BCUT2D eigenvalue weighted by Gasteiger charge is 2.50. The van der Waals surface area contributed by atoms with Gasteiger partial charge in [0.2, 0.25) is 0 Å². The lowest BCUT2D eigenvalue weighted by Gasteiger charge is -2.02. The van der Waals surface area contributed by atoms with E-state index in [4.69, 9.17) is 23.2 Å². The maximum atomic E-state index is 11.6. The van der Waals surface area contributed by atoms with Crippen LogP contribution >= 0.6 is 23.2 Å². The van der Waals surface area contributed by atoms with Crippen LogP contribution in [0.4, 0.5) is 8.78 Å². The Labute approximate surface area is 74.0 Å². The molecule has 11 heavy (non-hydrogen) atoms. The van der Waals surface area contributed by atoms with Crippen molar-refractivity contribution in [3.63, 3.8) is 0 Å². The fourth-order valence-corrected chi connectivity index (χ4v) is 1.38. The SMILES string of the molecule is FC(F)CNCC1CC1(Cl)Cl. The minimum atomic E-state index is -2.30. The van der Waals surface area contributed by atoms with Crippen molar-refractivity contribution in [2.45, 2.75) is 17.2 Å². The molecule has 0 amide bonds. The molecule has 1 aliphatic carbocycles. The molecular formula is C6H9Cl2F2N. The molecule has 1 aliphatic rings. The lowest BCUT2D eigenvalue weighted by molar-refractivity contribution is 0.145. The van der Waals surface area contributed by atoms with Crippen LogP contribution in [0.1, 0.15) is 6.42 Å². The van der Waals surface area contributed by atoms with Crippen LogP contribution < -0.4 is 5.32 Å². The summed E-state index contributed by atoms with van der Waals surface area (Å²) in [6.45, 7) is 0.206. The van der Waals surface area contributed by atoms with Crippen LogP contribution in [0.25, 0.3) is 0 Å². The van der Waals surface area contributed by atoms with Crippen molar-refractivity contribution in [1.82, 2.24) is 5.32 Å². The van der Waals surface area contributed by atoms with Crippen LogP contribution in [0.2, 0.25) is 0 Å². The topological polar surface area (TPSA) is 12.0 Å². The standard InChI is InChI=1S/C6H9Cl2F2N/c7-6(8)1-4(6)2-11-3-5(9)10/h4-5,11H,1-3H2. The van der Waals surface area contributed by atoms with Crippen molar-refractivity contribution in [2.75, 3.05) is 13.1 Å². The molecule has 1 unspecified atom stereocenters. The molecule has 0 aliphatic heterocycles. The van der Waals surface area contributed by atoms with Crippen LogP contribution in [0, 0.1) is 5.92 Å². The molecule has 0 saturated heterocycles. The molecule has 1 atom stereocenters. The second-order valence-electron chi connectivity index (χ2n) is 2.71. The van der Waals surface area contributed by atoms with Gasteiger partial charge in [-0.25, -0.2) is 8.78 Å². The second kappa shape index (κ2) is 3.42. The summed E-state index contributed by atoms with van der Waals surface area (Å²) >= 11 is 11.3. The third kappa shape index (κ3) is 3.09. The average molecular weight is 204 g/mol. The minimum absolute atomic E-state index is 0.143. The van der Waals surface area contributed by atoms with E-state index < -0.39 is 10.8 Å². The highest BCUT2D eigenvalue weighted by Crippen LogP contribution is 2.52. The molecule has 1 N–H and O–H groups in total. The third-order valence-electron chi connectivity index (χ3n) is 1.65. The van der Waals surface area contributed by atoms with E-state index in [0.29, 0.717) is 13.0 Å². The summed E-state index contributed by atoms with van der Waals surface area (Å²) in [6.07, 6.45) is -1.60. The zero-order valence-corrected chi connectivity index (χ0v) is 7.30. The normalized spacial score (nSPS) is 27.5. The Morgan fingerprint density at radius 3 is 2.45 bits per heavy atom. The number of alkyl halides is 4. The van der Waals surface area contributed by atoms with Gasteiger partial charge in [0.05, 0.1) is 6.54 Å². The maximum Gasteiger partial charge on any atom is 0.250 e. The summed E-state index contributed by atoms with van der Waals surface area (Å²) in [7, 11) is 0. The maximum absolute atomic E-state index is 11.6. The molecule has 0 heterocycles. The average Bonchev–Trinajstić information content (AvgIpc) is 2.39. The van der Waals surface area contributed by atoms with Crippen molar-refractivity contribution in [3.8, 4) is 0 Å². The fourth-order valence-electron chi connectivity index (χ4n) is 0.858. The van der Waals surface area contributed by atoms with Crippen molar-refractivity contribution >= 4 is 23.2 Å². The summed E-state index contributed by atoms with van der Waals surface area (Å²) in [5, 5.41) is 2.58. The molecule has 1 rings (SSSR count). The van der Waals surface area contributed by atoms with Gasteiger partial charge in [-0.1, -0.05) is 0 Å². The zero-order chi connectivity index (χ0) is 8.48. The lowest BCUT2D eigenvalue weighted by Crippen LogP contribution is -2.24. The Balaban J connectivity index is 1.98. The Morgan fingerprint density at radius 2 is 2.09 bits per heavy atom. The van der Waals surface area contributed by atoms with Gasteiger partial charge in [0.15, 0.2) is 0 Å². The first kappa shape index (κ1) is 9.49. The van der Waals surface area contributed by atoms with E-state index in [1.807, 2.05) is 0 Å². The highest BCUT2D eigenvalue weighted by molar-refractivity contribution is 6.50. The smallest absolute Gasteiger partial charge is 0.250 e. The van der Waals surface area contributed by atoms with E-state index in [0.717, 1.165) is 0 Å². The summed E-state index contributed by atoms with van der Waals surface area (Å²) < 4.78 is 22.5.